The molecule has 6 heteroatoms. The van der Waals surface area contributed by atoms with Crippen molar-refractivity contribution in [2.45, 2.75) is 0 Å². The van der Waals surface area contributed by atoms with Crippen molar-refractivity contribution in [1.29, 1.82) is 0 Å². The second-order valence-electron chi connectivity index (χ2n) is 4.48. The Balaban J connectivity index is 2.00. The third kappa shape index (κ3) is 2.59. The summed E-state index contributed by atoms with van der Waals surface area (Å²) in [5.41, 5.74) is -0.816. The number of nitrogens with one attached hydrogen (secondary N) is 3. The van der Waals surface area contributed by atoms with Crippen molar-refractivity contribution in [1.82, 2.24) is 9.97 Å². The van der Waals surface area contributed by atoms with Gasteiger partial charge in [0.25, 0.3) is 11.5 Å². The first-order valence-electron chi connectivity index (χ1n) is 6.26. The molecule has 0 fully saturated rings. The highest BCUT2D eigenvalue weighted by molar-refractivity contribution is 6.08. The number of amides is 1. The first-order chi connectivity index (χ1) is 10.1. The minimum absolute atomic E-state index is 0.0864. The molecule has 1 heterocycles. The Morgan fingerprint density at radius 3 is 2.52 bits per heavy atom. The zero-order valence-corrected chi connectivity index (χ0v) is 10.8. The molecular weight excluding hydrogens is 270 g/mol. The molecule has 0 spiro atoms. The number of carbonyl (C=O) groups is 1. The molecule has 0 atom stereocenters. The van der Waals surface area contributed by atoms with Crippen LogP contribution in [0.25, 0.3) is 10.8 Å². The fourth-order valence-corrected chi connectivity index (χ4v) is 2.12. The molecule has 0 aliphatic rings. The maximum atomic E-state index is 12.1. The number of anilines is 1. The largest absolute Gasteiger partial charge is 0.326 e. The lowest BCUT2D eigenvalue weighted by molar-refractivity contribution is 0.102. The van der Waals surface area contributed by atoms with Crippen molar-refractivity contribution in [2.24, 2.45) is 0 Å². The number of aromatic amines is 2. The summed E-state index contributed by atoms with van der Waals surface area (Å²) in [6.45, 7) is 0. The van der Waals surface area contributed by atoms with Crippen LogP contribution in [0.3, 0.4) is 0 Å². The molecule has 0 radical (unpaired) electrons. The summed E-state index contributed by atoms with van der Waals surface area (Å²) >= 11 is 0. The lowest BCUT2D eigenvalue weighted by Crippen LogP contribution is -2.27. The van der Waals surface area contributed by atoms with E-state index in [4.69, 9.17) is 0 Å². The van der Waals surface area contributed by atoms with Gasteiger partial charge in [0.05, 0.1) is 0 Å². The lowest BCUT2D eigenvalue weighted by Gasteiger charge is -2.08. The van der Waals surface area contributed by atoms with E-state index in [1.54, 1.807) is 6.07 Å². The Kier molecular flexibility index (Phi) is 3.12. The van der Waals surface area contributed by atoms with Crippen molar-refractivity contribution in [2.75, 3.05) is 5.32 Å². The van der Waals surface area contributed by atoms with Crippen molar-refractivity contribution in [3.63, 3.8) is 0 Å². The molecule has 104 valence electrons. The van der Waals surface area contributed by atoms with Gasteiger partial charge in [0, 0.05) is 17.1 Å². The van der Waals surface area contributed by atoms with Crippen molar-refractivity contribution in [3.05, 3.63) is 75.1 Å². The number of aromatic nitrogens is 2. The van der Waals surface area contributed by atoms with E-state index >= 15 is 0 Å². The van der Waals surface area contributed by atoms with Gasteiger partial charge in [0.2, 0.25) is 0 Å². The fourth-order valence-electron chi connectivity index (χ4n) is 2.12. The van der Waals surface area contributed by atoms with Gasteiger partial charge < -0.3 is 10.3 Å². The number of carbonyl (C=O) groups excluding carboxylic acids is 1. The highest BCUT2D eigenvalue weighted by Crippen LogP contribution is 2.23. The number of hydrogen-bond donors (Lipinski definition) is 3. The van der Waals surface area contributed by atoms with E-state index in [0.717, 1.165) is 16.8 Å². The third-order valence-corrected chi connectivity index (χ3v) is 3.04. The number of H-pyrrole nitrogens is 2. The highest BCUT2D eigenvalue weighted by atomic mass is 16.2. The highest BCUT2D eigenvalue weighted by Gasteiger charge is 2.10. The Labute approximate surface area is 118 Å². The Hall–Kier alpha value is -3.15. The Morgan fingerprint density at radius 1 is 0.952 bits per heavy atom. The normalized spacial score (nSPS) is 10.5. The molecule has 0 saturated carbocycles. The van der Waals surface area contributed by atoms with Crippen LogP contribution in [0.4, 0.5) is 5.69 Å². The second-order valence-corrected chi connectivity index (χ2v) is 4.48. The summed E-state index contributed by atoms with van der Waals surface area (Å²) < 4.78 is 0. The molecule has 0 aliphatic heterocycles. The molecular formula is C15H11N3O3. The Bertz CT molecular complexity index is 907. The van der Waals surface area contributed by atoms with Crippen LogP contribution in [0.5, 0.6) is 0 Å². The first-order valence-corrected chi connectivity index (χ1v) is 6.26. The molecule has 0 bridgehead atoms. The van der Waals surface area contributed by atoms with Crippen molar-refractivity contribution < 1.29 is 4.79 Å². The van der Waals surface area contributed by atoms with Gasteiger partial charge in [-0.2, -0.15) is 0 Å². The van der Waals surface area contributed by atoms with Crippen LogP contribution in [0, 0.1) is 0 Å². The number of fused-ring (bicyclic) bond motifs is 1. The summed E-state index contributed by atoms with van der Waals surface area (Å²) in [6, 6.07) is 14.1. The van der Waals surface area contributed by atoms with Gasteiger partial charge in [0.1, 0.15) is 5.69 Å². The van der Waals surface area contributed by atoms with E-state index in [1.807, 2.05) is 41.4 Å². The smallest absolute Gasteiger partial charge is 0.320 e. The number of rotatable bonds is 2. The predicted octanol–water partition coefficient (Wildman–Crippen LogP) is 1.47. The Morgan fingerprint density at radius 2 is 1.71 bits per heavy atom. The van der Waals surface area contributed by atoms with Gasteiger partial charge in [-0.05, 0) is 11.5 Å². The van der Waals surface area contributed by atoms with E-state index in [-0.39, 0.29) is 5.69 Å². The van der Waals surface area contributed by atoms with E-state index < -0.39 is 17.2 Å². The standard InChI is InChI=1S/C15H11N3O3/c19-13-8-12(17-15(21)18-13)14(20)16-11-7-3-5-9-4-1-2-6-10(9)11/h1-8H,(H,16,20)(H2,17,18,19,21). The van der Waals surface area contributed by atoms with Crippen LogP contribution < -0.4 is 16.6 Å². The van der Waals surface area contributed by atoms with Crippen LogP contribution in [0.1, 0.15) is 10.5 Å². The van der Waals surface area contributed by atoms with Gasteiger partial charge in [-0.15, -0.1) is 0 Å². The topological polar surface area (TPSA) is 94.8 Å². The average molecular weight is 281 g/mol. The summed E-state index contributed by atoms with van der Waals surface area (Å²) in [5.74, 6) is -0.547. The molecule has 0 saturated heterocycles. The summed E-state index contributed by atoms with van der Waals surface area (Å²) in [6.07, 6.45) is 0. The van der Waals surface area contributed by atoms with Crippen LogP contribution in [-0.2, 0) is 0 Å². The minimum atomic E-state index is -0.717. The monoisotopic (exact) mass is 281 g/mol. The molecule has 2 aromatic carbocycles. The summed E-state index contributed by atoms with van der Waals surface area (Å²) in [4.78, 5) is 38.8. The summed E-state index contributed by atoms with van der Waals surface area (Å²) in [7, 11) is 0. The van der Waals surface area contributed by atoms with Gasteiger partial charge >= 0.3 is 5.69 Å². The van der Waals surface area contributed by atoms with E-state index in [0.29, 0.717) is 5.69 Å². The van der Waals surface area contributed by atoms with E-state index in [2.05, 4.69) is 10.3 Å². The van der Waals surface area contributed by atoms with Crippen LogP contribution in [-0.4, -0.2) is 15.9 Å². The minimum Gasteiger partial charge on any atom is -0.320 e. The van der Waals surface area contributed by atoms with Gasteiger partial charge in [0.15, 0.2) is 0 Å². The quantitative estimate of drug-likeness (QED) is 0.663. The van der Waals surface area contributed by atoms with Crippen LogP contribution >= 0.6 is 0 Å². The molecule has 1 amide bonds. The van der Waals surface area contributed by atoms with E-state index in [9.17, 15) is 14.4 Å². The van der Waals surface area contributed by atoms with Gasteiger partial charge in [-0.3, -0.25) is 14.6 Å². The van der Waals surface area contributed by atoms with E-state index in [1.165, 1.54) is 0 Å². The molecule has 0 aliphatic carbocycles. The molecule has 1 aromatic heterocycles. The number of benzene rings is 2. The predicted molar refractivity (Wildman–Crippen MR) is 79.6 cm³/mol. The molecule has 21 heavy (non-hydrogen) atoms. The zero-order valence-electron chi connectivity index (χ0n) is 10.8. The maximum absolute atomic E-state index is 12.1. The first kappa shape index (κ1) is 12.9. The average Bonchev–Trinajstić information content (AvgIpc) is 2.46. The summed E-state index contributed by atoms with van der Waals surface area (Å²) in [5, 5.41) is 4.55. The third-order valence-electron chi connectivity index (χ3n) is 3.04. The van der Waals surface area contributed by atoms with Crippen molar-refractivity contribution >= 4 is 22.4 Å². The molecule has 3 aromatic rings. The van der Waals surface area contributed by atoms with Crippen molar-refractivity contribution in [3.8, 4) is 0 Å². The second kappa shape index (κ2) is 5.09. The van der Waals surface area contributed by atoms with Crippen LogP contribution in [0.15, 0.2) is 58.1 Å². The zero-order chi connectivity index (χ0) is 14.8. The fraction of sp³-hybridized carbons (Fsp3) is 0. The molecule has 6 nitrogen and oxygen atoms in total. The van der Waals surface area contributed by atoms with Gasteiger partial charge in [-0.1, -0.05) is 36.4 Å². The molecule has 3 N–H and O–H groups in total. The van der Waals surface area contributed by atoms with Gasteiger partial charge in [-0.25, -0.2) is 4.79 Å². The molecule has 3 rings (SSSR count). The number of hydrogen-bond acceptors (Lipinski definition) is 3. The SMILES string of the molecule is O=C(Nc1cccc2ccccc12)c1cc(=O)[nH]c(=O)[nH]1. The van der Waals surface area contributed by atoms with Crippen LogP contribution in [0.2, 0.25) is 0 Å². The maximum Gasteiger partial charge on any atom is 0.326 e. The lowest BCUT2D eigenvalue weighted by atomic mass is 10.1. The molecule has 0 unspecified atom stereocenters.